The van der Waals surface area contributed by atoms with Crippen LogP contribution in [0.3, 0.4) is 0 Å². The number of hydrogen-bond acceptors (Lipinski definition) is 2. The molecule has 0 aliphatic rings. The largest absolute Gasteiger partial charge is 0.310 e. The number of hydrogen-bond donors (Lipinski definition) is 1. The number of nitrogens with one attached hydrogen (secondary N) is 1. The van der Waals surface area contributed by atoms with Gasteiger partial charge in [-0.25, -0.2) is 9.37 Å². The average molecular weight is 192 g/mol. The Kier molecular flexibility index (Phi) is 2.04. The van der Waals surface area contributed by atoms with Gasteiger partial charge in [0.05, 0.1) is 5.52 Å². The van der Waals surface area contributed by atoms with Crippen molar-refractivity contribution in [1.29, 1.82) is 0 Å². The van der Waals surface area contributed by atoms with Gasteiger partial charge in [0.1, 0.15) is 17.0 Å². The number of benzene rings is 1. The molecule has 4 heteroatoms. The van der Waals surface area contributed by atoms with Crippen molar-refractivity contribution < 1.29 is 4.39 Å². The number of fused-ring (bicyclic) bond motifs is 1. The molecule has 2 rings (SSSR count). The van der Waals surface area contributed by atoms with Gasteiger partial charge in [0.25, 0.3) is 5.56 Å². The fourth-order valence-corrected chi connectivity index (χ4v) is 1.37. The molecule has 0 aliphatic carbocycles. The molecule has 1 aromatic carbocycles. The van der Waals surface area contributed by atoms with Crippen molar-refractivity contribution in [2.45, 2.75) is 13.3 Å². The molecule has 0 saturated carbocycles. The van der Waals surface area contributed by atoms with Crippen LogP contribution in [0.5, 0.6) is 0 Å². The minimum Gasteiger partial charge on any atom is -0.310 e. The summed E-state index contributed by atoms with van der Waals surface area (Å²) in [6.45, 7) is 1.88. The molecule has 0 unspecified atom stereocenters. The lowest BCUT2D eigenvalue weighted by Crippen LogP contribution is -2.12. The maximum Gasteiger partial charge on any atom is 0.261 e. The maximum absolute atomic E-state index is 13.2. The number of rotatable bonds is 1. The molecular weight excluding hydrogens is 183 g/mol. The Hall–Kier alpha value is -1.71. The molecule has 0 saturated heterocycles. The fourth-order valence-electron chi connectivity index (χ4n) is 1.37. The third-order valence-electron chi connectivity index (χ3n) is 2.07. The quantitative estimate of drug-likeness (QED) is 0.746. The van der Waals surface area contributed by atoms with Gasteiger partial charge in [-0.05, 0) is 12.1 Å². The van der Waals surface area contributed by atoms with E-state index in [4.69, 9.17) is 0 Å². The van der Waals surface area contributed by atoms with Gasteiger partial charge in [-0.15, -0.1) is 0 Å². The molecule has 0 amide bonds. The number of aryl methyl sites for hydroxylation is 1. The van der Waals surface area contributed by atoms with Gasteiger partial charge in [-0.1, -0.05) is 13.0 Å². The predicted molar refractivity (Wildman–Crippen MR) is 51.7 cm³/mol. The Bertz CT molecular complexity index is 533. The van der Waals surface area contributed by atoms with Crippen LogP contribution in [0.4, 0.5) is 4.39 Å². The Labute approximate surface area is 79.6 Å². The van der Waals surface area contributed by atoms with E-state index >= 15 is 0 Å². The zero-order valence-electron chi connectivity index (χ0n) is 7.67. The van der Waals surface area contributed by atoms with Crippen molar-refractivity contribution in [3.8, 4) is 0 Å². The summed E-state index contributed by atoms with van der Waals surface area (Å²) in [6, 6.07) is 4.43. The van der Waals surface area contributed by atoms with E-state index in [1.165, 1.54) is 6.07 Å². The second-order valence-electron chi connectivity index (χ2n) is 3.00. The van der Waals surface area contributed by atoms with Crippen LogP contribution in [-0.4, -0.2) is 9.97 Å². The van der Waals surface area contributed by atoms with Crippen molar-refractivity contribution in [3.63, 3.8) is 0 Å². The third kappa shape index (κ3) is 1.28. The van der Waals surface area contributed by atoms with Crippen LogP contribution in [0, 0.1) is 5.82 Å². The minimum absolute atomic E-state index is 0.0321. The molecule has 3 nitrogen and oxygen atoms in total. The number of aromatic amines is 1. The summed E-state index contributed by atoms with van der Waals surface area (Å²) in [5, 5.41) is 0.0321. The second-order valence-corrected chi connectivity index (χ2v) is 3.00. The van der Waals surface area contributed by atoms with E-state index in [-0.39, 0.29) is 5.39 Å². The first kappa shape index (κ1) is 8.87. The number of H-pyrrole nitrogens is 1. The molecule has 0 aliphatic heterocycles. The molecule has 1 heterocycles. The first-order valence-corrected chi connectivity index (χ1v) is 4.39. The van der Waals surface area contributed by atoms with E-state index in [0.29, 0.717) is 17.8 Å². The monoisotopic (exact) mass is 192 g/mol. The normalized spacial score (nSPS) is 10.7. The van der Waals surface area contributed by atoms with Crippen LogP contribution in [0.25, 0.3) is 10.9 Å². The lowest BCUT2D eigenvalue weighted by Gasteiger charge is -2.00. The van der Waals surface area contributed by atoms with Gasteiger partial charge in [-0.2, -0.15) is 0 Å². The van der Waals surface area contributed by atoms with Gasteiger partial charge >= 0.3 is 0 Å². The fraction of sp³-hybridized carbons (Fsp3) is 0.200. The van der Waals surface area contributed by atoms with Gasteiger partial charge in [0.2, 0.25) is 0 Å². The van der Waals surface area contributed by atoms with E-state index in [1.54, 1.807) is 12.1 Å². The zero-order chi connectivity index (χ0) is 10.1. The molecule has 1 N–H and O–H groups in total. The van der Waals surface area contributed by atoms with Crippen molar-refractivity contribution in [2.75, 3.05) is 0 Å². The molecule has 0 spiro atoms. The van der Waals surface area contributed by atoms with Crippen LogP contribution in [0.15, 0.2) is 23.0 Å². The van der Waals surface area contributed by atoms with Crippen LogP contribution < -0.4 is 5.56 Å². The van der Waals surface area contributed by atoms with Crippen molar-refractivity contribution >= 4 is 10.9 Å². The molecule has 1 aromatic heterocycles. The SMILES string of the molecule is CCc1nc2cccc(F)c2c(=O)[nH]1. The summed E-state index contributed by atoms with van der Waals surface area (Å²) >= 11 is 0. The van der Waals surface area contributed by atoms with Crippen LogP contribution in [-0.2, 0) is 6.42 Å². The van der Waals surface area contributed by atoms with Gasteiger partial charge in [-0.3, -0.25) is 4.79 Å². The Morgan fingerprint density at radius 3 is 3.00 bits per heavy atom. The van der Waals surface area contributed by atoms with Crippen molar-refractivity contribution in [1.82, 2.24) is 9.97 Å². The highest BCUT2D eigenvalue weighted by atomic mass is 19.1. The van der Waals surface area contributed by atoms with Gasteiger partial charge in [0.15, 0.2) is 0 Å². The van der Waals surface area contributed by atoms with E-state index in [9.17, 15) is 9.18 Å². The van der Waals surface area contributed by atoms with E-state index < -0.39 is 11.4 Å². The zero-order valence-corrected chi connectivity index (χ0v) is 7.67. The Morgan fingerprint density at radius 2 is 2.29 bits per heavy atom. The summed E-state index contributed by atoms with van der Waals surface area (Å²) in [4.78, 5) is 18.1. The summed E-state index contributed by atoms with van der Waals surface area (Å²) in [5.74, 6) is 0.0482. The molecule has 0 radical (unpaired) electrons. The van der Waals surface area contributed by atoms with Crippen molar-refractivity contribution in [3.05, 3.63) is 40.2 Å². The first-order chi connectivity index (χ1) is 6.72. The summed E-state index contributed by atoms with van der Waals surface area (Å²) in [5.41, 5.74) is -0.00412. The molecule has 0 atom stereocenters. The lowest BCUT2D eigenvalue weighted by molar-refractivity contribution is 0.638. The highest BCUT2D eigenvalue weighted by Crippen LogP contribution is 2.10. The average Bonchev–Trinajstić information content (AvgIpc) is 2.17. The highest BCUT2D eigenvalue weighted by molar-refractivity contribution is 5.77. The number of halogens is 1. The third-order valence-corrected chi connectivity index (χ3v) is 2.07. The summed E-state index contributed by atoms with van der Waals surface area (Å²) < 4.78 is 13.2. The lowest BCUT2D eigenvalue weighted by atomic mass is 10.2. The van der Waals surface area contributed by atoms with E-state index in [1.807, 2.05) is 6.92 Å². The number of aromatic nitrogens is 2. The second kappa shape index (κ2) is 3.21. The number of nitrogens with zero attached hydrogens (tertiary/aromatic N) is 1. The molecule has 0 bridgehead atoms. The molecule has 72 valence electrons. The standard InChI is InChI=1S/C10H9FN2O/c1-2-8-12-7-5-3-4-6(11)9(7)10(14)13-8/h3-5H,2H2,1H3,(H,12,13,14). The van der Waals surface area contributed by atoms with E-state index in [0.717, 1.165) is 0 Å². The van der Waals surface area contributed by atoms with Crippen LogP contribution in [0.2, 0.25) is 0 Å². The summed E-state index contributed by atoms with van der Waals surface area (Å²) in [6.07, 6.45) is 0.627. The summed E-state index contributed by atoms with van der Waals surface area (Å²) in [7, 11) is 0. The Balaban J connectivity index is 2.90. The van der Waals surface area contributed by atoms with Gasteiger partial charge in [0, 0.05) is 6.42 Å². The molecule has 14 heavy (non-hydrogen) atoms. The molecular formula is C10H9FN2O. The van der Waals surface area contributed by atoms with Gasteiger partial charge < -0.3 is 4.98 Å². The smallest absolute Gasteiger partial charge is 0.261 e. The topological polar surface area (TPSA) is 45.8 Å². The highest BCUT2D eigenvalue weighted by Gasteiger charge is 2.06. The molecule has 0 fully saturated rings. The van der Waals surface area contributed by atoms with Crippen LogP contribution in [0.1, 0.15) is 12.7 Å². The first-order valence-electron chi connectivity index (χ1n) is 4.39. The predicted octanol–water partition coefficient (Wildman–Crippen LogP) is 1.62. The minimum atomic E-state index is -0.529. The van der Waals surface area contributed by atoms with Crippen LogP contribution >= 0.6 is 0 Å². The Morgan fingerprint density at radius 1 is 1.50 bits per heavy atom. The molecule has 2 aromatic rings. The maximum atomic E-state index is 13.2. The van der Waals surface area contributed by atoms with E-state index in [2.05, 4.69) is 9.97 Å². The van der Waals surface area contributed by atoms with Crippen molar-refractivity contribution in [2.24, 2.45) is 0 Å².